The lowest BCUT2D eigenvalue weighted by molar-refractivity contribution is -0.150. The van der Waals surface area contributed by atoms with E-state index in [4.69, 9.17) is 16.6 Å². The van der Waals surface area contributed by atoms with Crippen molar-refractivity contribution in [2.75, 3.05) is 19.6 Å². The lowest BCUT2D eigenvalue weighted by Crippen LogP contribution is -2.37. The Morgan fingerprint density at radius 2 is 1.40 bits per heavy atom. The van der Waals surface area contributed by atoms with Crippen LogP contribution in [0.15, 0.2) is 0 Å². The summed E-state index contributed by atoms with van der Waals surface area (Å²) in [5, 5.41) is 8.24. The second-order valence-electron chi connectivity index (χ2n) is 2.60. The lowest BCUT2D eigenvalue weighted by atomic mass is 10.4. The van der Waals surface area contributed by atoms with Crippen molar-refractivity contribution in [2.45, 2.75) is 13.8 Å². The zero-order chi connectivity index (χ0) is 12.4. The highest BCUT2D eigenvalue weighted by Gasteiger charge is 2.16. The van der Waals surface area contributed by atoms with E-state index in [0.717, 1.165) is 13.8 Å². The van der Waals surface area contributed by atoms with E-state index in [1.807, 2.05) is 0 Å². The second kappa shape index (κ2) is 9.10. The molecule has 0 aliphatic carbocycles. The van der Waals surface area contributed by atoms with Gasteiger partial charge in [-0.1, -0.05) is 0 Å². The number of hydrogen-bond donors (Lipinski definition) is 3. The number of nitrogens with zero attached hydrogens (tertiary/aromatic N) is 1. The minimum Gasteiger partial charge on any atom is -0.480 e. The van der Waals surface area contributed by atoms with Gasteiger partial charge in [-0.3, -0.25) is 19.3 Å². The molecule has 0 atom stereocenters. The third kappa shape index (κ3) is 10.5. The number of amides is 2. The van der Waals surface area contributed by atoms with Crippen molar-refractivity contribution in [1.82, 2.24) is 4.90 Å². The molecule has 0 fully saturated rings. The summed E-state index contributed by atoms with van der Waals surface area (Å²) in [5.74, 6) is -2.31. The van der Waals surface area contributed by atoms with Crippen LogP contribution in [0, 0.1) is 0 Å². The van der Waals surface area contributed by atoms with E-state index in [1.165, 1.54) is 0 Å². The monoisotopic (exact) mass is 219 g/mol. The summed E-state index contributed by atoms with van der Waals surface area (Å²) in [5.41, 5.74) is 9.81. The van der Waals surface area contributed by atoms with Gasteiger partial charge >= 0.3 is 5.97 Å². The van der Waals surface area contributed by atoms with E-state index in [0.29, 0.717) is 18.0 Å². The SMILES string of the molecule is CC(=O)N(CC(=O)O)C(C)=O.NCCN. The minimum absolute atomic E-state index is 0.556. The Hall–Kier alpha value is -1.47. The Kier molecular flexibility index (Phi) is 9.69. The van der Waals surface area contributed by atoms with Gasteiger partial charge in [-0.2, -0.15) is 0 Å². The van der Waals surface area contributed by atoms with Crippen molar-refractivity contribution in [3.05, 3.63) is 0 Å². The standard InChI is InChI=1S/C6H9NO4.C2H8N2/c1-4(8)7(5(2)9)3-6(10)11;3-1-2-4/h3H2,1-2H3,(H,10,11);1-4H2. The number of imide groups is 1. The third-order valence-electron chi connectivity index (χ3n) is 1.22. The quantitative estimate of drug-likeness (QED) is 0.523. The highest BCUT2D eigenvalue weighted by Crippen LogP contribution is 1.89. The summed E-state index contributed by atoms with van der Waals surface area (Å²) in [6.07, 6.45) is 0. The third-order valence-corrected chi connectivity index (χ3v) is 1.22. The van der Waals surface area contributed by atoms with Crippen molar-refractivity contribution in [2.24, 2.45) is 11.5 Å². The minimum atomic E-state index is -1.20. The second-order valence-corrected chi connectivity index (χ2v) is 2.60. The van der Waals surface area contributed by atoms with Crippen molar-refractivity contribution in [1.29, 1.82) is 0 Å². The van der Waals surface area contributed by atoms with Crippen LogP contribution in [-0.2, 0) is 14.4 Å². The first-order chi connectivity index (χ1) is 6.86. The van der Waals surface area contributed by atoms with E-state index in [-0.39, 0.29) is 0 Å². The average Bonchev–Trinajstić information content (AvgIpc) is 2.13. The number of carbonyl (C=O) groups is 3. The van der Waals surface area contributed by atoms with Crippen molar-refractivity contribution < 1.29 is 19.5 Å². The van der Waals surface area contributed by atoms with Crippen LogP contribution in [0.5, 0.6) is 0 Å². The topological polar surface area (TPSA) is 127 Å². The van der Waals surface area contributed by atoms with E-state index < -0.39 is 24.3 Å². The first-order valence-electron chi connectivity index (χ1n) is 4.27. The molecule has 0 saturated carbocycles. The fourth-order valence-electron chi connectivity index (χ4n) is 0.580. The van der Waals surface area contributed by atoms with Gasteiger partial charge in [0.1, 0.15) is 6.54 Å². The molecule has 0 aromatic carbocycles. The molecule has 0 aromatic rings. The maximum absolute atomic E-state index is 10.6. The van der Waals surface area contributed by atoms with Crippen LogP contribution in [-0.4, -0.2) is 47.4 Å². The first kappa shape index (κ1) is 16.0. The normalized spacial score (nSPS) is 8.53. The molecule has 0 saturated heterocycles. The number of nitrogens with two attached hydrogens (primary N) is 2. The van der Waals surface area contributed by atoms with Crippen LogP contribution in [0.3, 0.4) is 0 Å². The predicted molar refractivity (Wildman–Crippen MR) is 53.8 cm³/mol. The van der Waals surface area contributed by atoms with Crippen LogP contribution in [0.25, 0.3) is 0 Å². The molecule has 7 heteroatoms. The van der Waals surface area contributed by atoms with Gasteiger partial charge in [-0.25, -0.2) is 0 Å². The molecule has 0 aliphatic heterocycles. The van der Waals surface area contributed by atoms with Gasteiger partial charge in [-0.15, -0.1) is 0 Å². The number of rotatable bonds is 3. The summed E-state index contributed by atoms with van der Waals surface area (Å²) in [6, 6.07) is 0. The van der Waals surface area contributed by atoms with Crippen molar-refractivity contribution in [3.8, 4) is 0 Å². The van der Waals surface area contributed by atoms with Crippen LogP contribution < -0.4 is 11.5 Å². The summed E-state index contributed by atoms with van der Waals surface area (Å²) < 4.78 is 0. The van der Waals surface area contributed by atoms with Crippen LogP contribution in [0.2, 0.25) is 0 Å². The van der Waals surface area contributed by atoms with Gasteiger partial charge in [0.15, 0.2) is 0 Å². The van der Waals surface area contributed by atoms with Gasteiger partial charge < -0.3 is 16.6 Å². The van der Waals surface area contributed by atoms with Gasteiger partial charge in [0.2, 0.25) is 11.8 Å². The number of hydrogen-bond acceptors (Lipinski definition) is 5. The number of carbonyl (C=O) groups excluding carboxylic acids is 2. The molecule has 0 rings (SSSR count). The summed E-state index contributed by atoms with van der Waals surface area (Å²) in [7, 11) is 0. The maximum atomic E-state index is 10.6. The molecular weight excluding hydrogens is 202 g/mol. The van der Waals surface area contributed by atoms with Crippen molar-refractivity contribution in [3.63, 3.8) is 0 Å². The van der Waals surface area contributed by atoms with E-state index in [1.54, 1.807) is 0 Å². The molecule has 0 radical (unpaired) electrons. The summed E-state index contributed by atoms with van der Waals surface area (Å²) in [6.45, 7) is 2.92. The number of aliphatic carboxylic acids is 1. The van der Waals surface area contributed by atoms with E-state index in [2.05, 4.69) is 0 Å². The predicted octanol–water partition coefficient (Wildman–Crippen LogP) is -1.63. The number of carboxylic acids is 1. The molecule has 7 nitrogen and oxygen atoms in total. The van der Waals surface area contributed by atoms with Crippen LogP contribution in [0.4, 0.5) is 0 Å². The van der Waals surface area contributed by atoms with Crippen molar-refractivity contribution >= 4 is 17.8 Å². The molecule has 0 aromatic heterocycles. The fraction of sp³-hybridized carbons (Fsp3) is 0.625. The van der Waals surface area contributed by atoms with Gasteiger partial charge in [0.25, 0.3) is 0 Å². The Morgan fingerprint density at radius 1 is 1.07 bits per heavy atom. The first-order valence-corrected chi connectivity index (χ1v) is 4.27. The summed E-state index contributed by atoms with van der Waals surface area (Å²) in [4.78, 5) is 31.9. The zero-order valence-electron chi connectivity index (χ0n) is 8.90. The van der Waals surface area contributed by atoms with Crippen LogP contribution >= 0.6 is 0 Å². The maximum Gasteiger partial charge on any atom is 0.323 e. The Morgan fingerprint density at radius 3 is 1.47 bits per heavy atom. The van der Waals surface area contributed by atoms with E-state index in [9.17, 15) is 14.4 Å². The Labute approximate surface area is 88.0 Å². The lowest BCUT2D eigenvalue weighted by Gasteiger charge is -2.13. The molecule has 5 N–H and O–H groups in total. The fourth-order valence-corrected chi connectivity index (χ4v) is 0.580. The van der Waals surface area contributed by atoms with Crippen LogP contribution in [0.1, 0.15) is 13.8 Å². The average molecular weight is 219 g/mol. The highest BCUT2D eigenvalue weighted by molar-refractivity contribution is 5.95. The molecule has 0 spiro atoms. The zero-order valence-corrected chi connectivity index (χ0v) is 8.90. The Balaban J connectivity index is 0. The van der Waals surface area contributed by atoms with E-state index >= 15 is 0 Å². The molecule has 0 heterocycles. The molecule has 0 unspecified atom stereocenters. The Bertz CT molecular complexity index is 214. The largest absolute Gasteiger partial charge is 0.480 e. The molecule has 2 amide bonds. The molecule has 0 bridgehead atoms. The summed E-state index contributed by atoms with van der Waals surface area (Å²) >= 11 is 0. The molecule has 15 heavy (non-hydrogen) atoms. The highest BCUT2D eigenvalue weighted by atomic mass is 16.4. The van der Waals surface area contributed by atoms with Gasteiger partial charge in [-0.05, 0) is 0 Å². The van der Waals surface area contributed by atoms with Gasteiger partial charge in [0, 0.05) is 26.9 Å². The number of carboxylic acid groups (broad SMARTS) is 1. The smallest absolute Gasteiger partial charge is 0.323 e. The van der Waals surface area contributed by atoms with Gasteiger partial charge in [0.05, 0.1) is 0 Å². The molecular formula is C8H17N3O4. The molecule has 88 valence electrons. The molecule has 0 aliphatic rings.